The minimum atomic E-state index is 0.824. The largest absolute Gasteiger partial charge is 0.267 e. The van der Waals surface area contributed by atoms with Gasteiger partial charge in [-0.05, 0) is 38.9 Å². The molecule has 0 spiro atoms. The Morgan fingerprint density at radius 1 is 1.06 bits per heavy atom. The highest BCUT2D eigenvalue weighted by molar-refractivity contribution is 14.1. The molecule has 2 aromatic carbocycles. The van der Waals surface area contributed by atoms with Crippen molar-refractivity contribution in [2.24, 2.45) is 0 Å². The van der Waals surface area contributed by atoms with Gasteiger partial charge in [-0.2, -0.15) is 5.10 Å². The number of hydrogen-bond donors (Lipinski definition) is 0. The number of benzene rings is 2. The first-order chi connectivity index (χ1) is 8.33. The van der Waals surface area contributed by atoms with E-state index in [1.54, 1.807) is 0 Å². The van der Waals surface area contributed by atoms with E-state index in [0.29, 0.717) is 0 Å². The van der Waals surface area contributed by atoms with Crippen molar-refractivity contribution in [1.82, 2.24) is 9.78 Å². The Morgan fingerprint density at radius 3 is 2.71 bits per heavy atom. The monoisotopic (exact) mass is 334 g/mol. The van der Waals surface area contributed by atoms with E-state index in [4.69, 9.17) is 0 Å². The van der Waals surface area contributed by atoms with Gasteiger partial charge in [-0.1, -0.05) is 42.5 Å². The molecule has 3 heteroatoms. The van der Waals surface area contributed by atoms with Crippen molar-refractivity contribution in [3.05, 3.63) is 64.0 Å². The van der Waals surface area contributed by atoms with Crippen LogP contribution < -0.4 is 0 Å². The number of fused-ring (bicyclic) bond motifs is 1. The second-order valence-corrected chi connectivity index (χ2v) is 5.24. The van der Waals surface area contributed by atoms with Crippen molar-refractivity contribution in [3.63, 3.8) is 0 Å². The summed E-state index contributed by atoms with van der Waals surface area (Å²) in [5.74, 6) is 0. The van der Waals surface area contributed by atoms with Gasteiger partial charge < -0.3 is 0 Å². The quantitative estimate of drug-likeness (QED) is 0.654. The fourth-order valence-corrected chi connectivity index (χ4v) is 2.48. The summed E-state index contributed by atoms with van der Waals surface area (Å²) in [6, 6.07) is 14.9. The minimum Gasteiger partial charge on any atom is -0.267 e. The molecule has 0 aliphatic carbocycles. The van der Waals surface area contributed by atoms with Crippen LogP contribution in [0.2, 0.25) is 0 Å². The molecule has 2 nitrogen and oxygen atoms in total. The van der Waals surface area contributed by atoms with Crippen molar-refractivity contribution in [1.29, 1.82) is 0 Å². The summed E-state index contributed by atoms with van der Waals surface area (Å²) in [4.78, 5) is 0. The summed E-state index contributed by atoms with van der Waals surface area (Å²) in [7, 11) is 0. The lowest BCUT2D eigenvalue weighted by molar-refractivity contribution is 0.690. The zero-order valence-electron chi connectivity index (χ0n) is 9.18. The van der Waals surface area contributed by atoms with Crippen LogP contribution in [0, 0.1) is 3.57 Å². The van der Waals surface area contributed by atoms with Crippen molar-refractivity contribution < 1.29 is 0 Å². The van der Waals surface area contributed by atoms with Crippen LogP contribution in [0.4, 0.5) is 0 Å². The van der Waals surface area contributed by atoms with E-state index in [0.717, 1.165) is 6.54 Å². The number of rotatable bonds is 2. The fourth-order valence-electron chi connectivity index (χ4n) is 2.03. The molecule has 1 aromatic heterocycles. The molecule has 0 radical (unpaired) electrons. The lowest BCUT2D eigenvalue weighted by atomic mass is 10.0. The third-order valence-corrected chi connectivity index (χ3v) is 3.37. The molecule has 0 atom stereocenters. The summed E-state index contributed by atoms with van der Waals surface area (Å²) < 4.78 is 3.15. The summed E-state index contributed by atoms with van der Waals surface area (Å²) in [6.07, 6.45) is 3.94. The molecule has 0 unspecified atom stereocenters. The molecular formula is C14H11IN2. The minimum absolute atomic E-state index is 0.824. The lowest BCUT2D eigenvalue weighted by Crippen LogP contribution is -2.00. The fraction of sp³-hybridized carbons (Fsp3) is 0.0714. The molecule has 1 heterocycles. The van der Waals surface area contributed by atoms with Crippen LogP contribution in [0.25, 0.3) is 10.8 Å². The Bertz CT molecular complexity index is 653. The van der Waals surface area contributed by atoms with E-state index < -0.39 is 0 Å². The van der Waals surface area contributed by atoms with Crippen molar-refractivity contribution >= 4 is 33.4 Å². The second kappa shape index (κ2) is 4.49. The third-order valence-electron chi connectivity index (χ3n) is 2.81. The molecule has 0 bridgehead atoms. The van der Waals surface area contributed by atoms with Crippen LogP contribution in [0.15, 0.2) is 54.9 Å². The molecule has 0 N–H and O–H groups in total. The van der Waals surface area contributed by atoms with Gasteiger partial charge in [0.1, 0.15) is 0 Å². The molecule has 0 saturated heterocycles. The Kier molecular flexibility index (Phi) is 2.84. The average Bonchev–Trinajstić information content (AvgIpc) is 2.75. The van der Waals surface area contributed by atoms with Crippen molar-refractivity contribution in [2.75, 3.05) is 0 Å². The Labute approximate surface area is 113 Å². The van der Waals surface area contributed by atoms with Crippen LogP contribution in [0.1, 0.15) is 5.56 Å². The van der Waals surface area contributed by atoms with Gasteiger partial charge in [-0.15, -0.1) is 0 Å². The van der Waals surface area contributed by atoms with E-state index in [9.17, 15) is 0 Å². The van der Waals surface area contributed by atoms with E-state index in [1.165, 1.54) is 19.9 Å². The van der Waals surface area contributed by atoms with Crippen LogP contribution in [0.3, 0.4) is 0 Å². The first kappa shape index (κ1) is 10.8. The van der Waals surface area contributed by atoms with Gasteiger partial charge in [0.2, 0.25) is 0 Å². The van der Waals surface area contributed by atoms with E-state index in [1.807, 2.05) is 10.9 Å². The standard InChI is InChI=1S/C14H11IN2/c15-13-8-16-17(10-13)9-12-6-3-5-11-4-1-2-7-14(11)12/h1-8,10H,9H2. The molecule has 0 aliphatic heterocycles. The van der Waals surface area contributed by atoms with E-state index in [-0.39, 0.29) is 0 Å². The predicted octanol–water partition coefficient (Wildman–Crippen LogP) is 3.69. The van der Waals surface area contributed by atoms with Gasteiger partial charge in [0.05, 0.1) is 16.3 Å². The molecule has 3 rings (SSSR count). The summed E-state index contributed by atoms with van der Waals surface area (Å²) in [5, 5.41) is 6.92. The molecule has 0 saturated carbocycles. The van der Waals surface area contributed by atoms with Gasteiger partial charge >= 0.3 is 0 Å². The van der Waals surface area contributed by atoms with E-state index in [2.05, 4.69) is 76.4 Å². The highest BCUT2D eigenvalue weighted by atomic mass is 127. The summed E-state index contributed by atoms with van der Waals surface area (Å²) >= 11 is 2.28. The van der Waals surface area contributed by atoms with Crippen LogP contribution in [-0.4, -0.2) is 9.78 Å². The highest BCUT2D eigenvalue weighted by Crippen LogP contribution is 2.19. The van der Waals surface area contributed by atoms with Crippen molar-refractivity contribution in [2.45, 2.75) is 6.54 Å². The first-order valence-electron chi connectivity index (χ1n) is 5.47. The number of halogens is 1. The number of nitrogens with zero attached hydrogens (tertiary/aromatic N) is 2. The molecule has 17 heavy (non-hydrogen) atoms. The van der Waals surface area contributed by atoms with Gasteiger partial charge in [0.25, 0.3) is 0 Å². The molecule has 0 fully saturated rings. The van der Waals surface area contributed by atoms with Gasteiger partial charge in [0.15, 0.2) is 0 Å². The zero-order valence-corrected chi connectivity index (χ0v) is 11.3. The maximum atomic E-state index is 4.33. The smallest absolute Gasteiger partial charge is 0.0665 e. The van der Waals surface area contributed by atoms with Gasteiger partial charge in [-0.25, -0.2) is 0 Å². The Hall–Kier alpha value is -1.36. The van der Waals surface area contributed by atoms with Gasteiger partial charge in [-0.3, -0.25) is 4.68 Å². The van der Waals surface area contributed by atoms with Crippen LogP contribution in [0.5, 0.6) is 0 Å². The molecule has 0 aliphatic rings. The Balaban J connectivity index is 2.05. The summed E-state index contributed by atoms with van der Waals surface area (Å²) in [6.45, 7) is 0.824. The number of aromatic nitrogens is 2. The molecule has 0 amide bonds. The van der Waals surface area contributed by atoms with Crippen LogP contribution in [-0.2, 0) is 6.54 Å². The highest BCUT2D eigenvalue weighted by Gasteiger charge is 2.02. The maximum absolute atomic E-state index is 4.33. The molecular weight excluding hydrogens is 323 g/mol. The SMILES string of the molecule is Ic1cnn(Cc2cccc3ccccc23)c1. The van der Waals surface area contributed by atoms with E-state index >= 15 is 0 Å². The lowest BCUT2D eigenvalue weighted by Gasteiger charge is -2.06. The maximum Gasteiger partial charge on any atom is 0.0665 e. The molecule has 84 valence electrons. The second-order valence-electron chi connectivity index (χ2n) is 3.99. The normalized spacial score (nSPS) is 10.9. The zero-order chi connectivity index (χ0) is 11.7. The van der Waals surface area contributed by atoms with Crippen molar-refractivity contribution in [3.8, 4) is 0 Å². The summed E-state index contributed by atoms with van der Waals surface area (Å²) in [5.41, 5.74) is 1.31. The Morgan fingerprint density at radius 2 is 1.88 bits per heavy atom. The first-order valence-corrected chi connectivity index (χ1v) is 6.55. The van der Waals surface area contributed by atoms with Gasteiger partial charge in [0, 0.05) is 6.20 Å². The third kappa shape index (κ3) is 2.20. The predicted molar refractivity (Wildman–Crippen MR) is 78.0 cm³/mol. The topological polar surface area (TPSA) is 17.8 Å². The van der Waals surface area contributed by atoms with Crippen LogP contribution >= 0.6 is 22.6 Å². The molecule has 3 aromatic rings. The number of hydrogen-bond acceptors (Lipinski definition) is 1. The average molecular weight is 334 g/mol.